The smallest absolute Gasteiger partial charge is 0.335 e. The standard InChI is InChI=1S/C26H17NO4S2/c1-15-13-17(25(29)30)9-11-19(15)22-12-10-18(31-22)14-23-24(28)27(26(32)33-23)21-8-4-6-16-5-2-3-7-20(16)21/h2-14H,1H3,(H,29,30)/b23-14+. The van der Waals surface area contributed by atoms with Crippen LogP contribution in [-0.4, -0.2) is 21.3 Å². The number of hydrogen-bond donors (Lipinski definition) is 1. The van der Waals surface area contributed by atoms with Crippen LogP contribution in [0.15, 0.2) is 82.1 Å². The highest BCUT2D eigenvalue weighted by Crippen LogP contribution is 2.39. The number of carboxylic acid groups (broad SMARTS) is 1. The average molecular weight is 472 g/mol. The van der Waals surface area contributed by atoms with Crippen molar-refractivity contribution < 1.29 is 19.1 Å². The van der Waals surface area contributed by atoms with Gasteiger partial charge in [-0.05, 0) is 48.2 Å². The monoisotopic (exact) mass is 471 g/mol. The molecular formula is C26H17NO4S2. The summed E-state index contributed by atoms with van der Waals surface area (Å²) in [6.45, 7) is 1.83. The number of benzene rings is 3. The van der Waals surface area contributed by atoms with Crippen molar-refractivity contribution in [3.05, 3.63) is 94.6 Å². The normalized spacial score (nSPS) is 15.1. The van der Waals surface area contributed by atoms with Gasteiger partial charge >= 0.3 is 5.97 Å². The number of nitrogens with zero attached hydrogens (tertiary/aromatic N) is 1. The number of carboxylic acids is 1. The number of aromatic carboxylic acids is 1. The Morgan fingerprint density at radius 3 is 2.64 bits per heavy atom. The molecule has 5 rings (SSSR count). The Hall–Kier alpha value is -3.68. The lowest BCUT2D eigenvalue weighted by Gasteiger charge is -2.17. The van der Waals surface area contributed by atoms with Gasteiger partial charge in [0.2, 0.25) is 0 Å². The fourth-order valence-corrected chi connectivity index (χ4v) is 5.12. The zero-order valence-electron chi connectivity index (χ0n) is 17.4. The Balaban J connectivity index is 1.46. The summed E-state index contributed by atoms with van der Waals surface area (Å²) >= 11 is 6.77. The van der Waals surface area contributed by atoms with E-state index in [4.69, 9.17) is 21.7 Å². The van der Waals surface area contributed by atoms with Gasteiger partial charge in [-0.3, -0.25) is 9.69 Å². The van der Waals surface area contributed by atoms with E-state index in [2.05, 4.69) is 0 Å². The maximum absolute atomic E-state index is 13.2. The lowest BCUT2D eigenvalue weighted by Crippen LogP contribution is -2.27. The largest absolute Gasteiger partial charge is 0.478 e. The molecule has 0 atom stereocenters. The molecule has 1 aliphatic rings. The third-order valence-corrected chi connectivity index (χ3v) is 6.74. The van der Waals surface area contributed by atoms with E-state index >= 15 is 0 Å². The van der Waals surface area contributed by atoms with Crippen LogP contribution in [0.4, 0.5) is 5.69 Å². The third kappa shape index (κ3) is 3.86. The zero-order valence-corrected chi connectivity index (χ0v) is 19.1. The molecule has 1 fully saturated rings. The molecule has 3 aromatic carbocycles. The lowest BCUT2D eigenvalue weighted by atomic mass is 10.0. The van der Waals surface area contributed by atoms with Gasteiger partial charge in [0.05, 0.1) is 16.2 Å². The summed E-state index contributed by atoms with van der Waals surface area (Å²) in [7, 11) is 0. The Morgan fingerprint density at radius 2 is 1.85 bits per heavy atom. The highest BCUT2D eigenvalue weighted by Gasteiger charge is 2.34. The molecule has 0 bridgehead atoms. The Labute approximate surface area is 199 Å². The molecule has 1 N–H and O–H groups in total. The van der Waals surface area contributed by atoms with Crippen molar-refractivity contribution in [3.63, 3.8) is 0 Å². The molecular weight excluding hydrogens is 454 g/mol. The number of aryl methyl sites for hydroxylation is 1. The van der Waals surface area contributed by atoms with Crippen LogP contribution in [0.1, 0.15) is 21.7 Å². The highest BCUT2D eigenvalue weighted by atomic mass is 32.2. The summed E-state index contributed by atoms with van der Waals surface area (Å²) in [6, 6.07) is 22.1. The van der Waals surface area contributed by atoms with E-state index in [0.29, 0.717) is 20.7 Å². The SMILES string of the molecule is Cc1cc(C(=O)O)ccc1-c1ccc(/C=C2/SC(=S)N(c3cccc4ccccc34)C2=O)o1. The number of thiocarbonyl (C=S) groups is 1. The van der Waals surface area contributed by atoms with Crippen molar-refractivity contribution in [2.24, 2.45) is 0 Å². The van der Waals surface area contributed by atoms with Gasteiger partial charge in [0.25, 0.3) is 5.91 Å². The quantitative estimate of drug-likeness (QED) is 0.270. The number of thioether (sulfide) groups is 1. The Bertz CT molecular complexity index is 1480. The van der Waals surface area contributed by atoms with Crippen molar-refractivity contribution in [1.82, 2.24) is 0 Å². The molecule has 1 aromatic heterocycles. The van der Waals surface area contributed by atoms with Crippen molar-refractivity contribution >= 4 is 62.7 Å². The minimum absolute atomic E-state index is 0.193. The molecule has 1 aliphatic heterocycles. The van der Waals surface area contributed by atoms with Crippen LogP contribution in [0.3, 0.4) is 0 Å². The summed E-state index contributed by atoms with van der Waals surface area (Å²) in [6.07, 6.45) is 1.69. The van der Waals surface area contributed by atoms with Crippen LogP contribution in [0.25, 0.3) is 28.2 Å². The van der Waals surface area contributed by atoms with Crippen LogP contribution < -0.4 is 4.90 Å². The molecule has 1 amide bonds. The van der Waals surface area contributed by atoms with Crippen LogP contribution in [0.2, 0.25) is 0 Å². The first-order valence-electron chi connectivity index (χ1n) is 10.1. The second-order valence-electron chi connectivity index (χ2n) is 7.55. The van der Waals surface area contributed by atoms with Crippen molar-refractivity contribution in [2.45, 2.75) is 6.92 Å². The van der Waals surface area contributed by atoms with Gasteiger partial charge in [0.1, 0.15) is 11.5 Å². The van der Waals surface area contributed by atoms with Crippen molar-refractivity contribution in [1.29, 1.82) is 0 Å². The molecule has 7 heteroatoms. The molecule has 0 unspecified atom stereocenters. The molecule has 1 saturated heterocycles. The number of carbonyl (C=O) groups is 2. The van der Waals surface area contributed by atoms with E-state index < -0.39 is 5.97 Å². The van der Waals surface area contributed by atoms with Gasteiger partial charge in [0, 0.05) is 17.0 Å². The van der Waals surface area contributed by atoms with E-state index in [0.717, 1.165) is 27.6 Å². The van der Waals surface area contributed by atoms with Crippen LogP contribution in [0, 0.1) is 6.92 Å². The highest BCUT2D eigenvalue weighted by molar-refractivity contribution is 8.27. The molecule has 2 heterocycles. The summed E-state index contributed by atoms with van der Waals surface area (Å²) in [5.41, 5.74) is 2.56. The first-order chi connectivity index (χ1) is 15.9. The zero-order chi connectivity index (χ0) is 23.1. The van der Waals surface area contributed by atoms with E-state index in [1.165, 1.54) is 11.8 Å². The molecule has 162 valence electrons. The molecule has 33 heavy (non-hydrogen) atoms. The first kappa shape index (κ1) is 21.2. The van der Waals surface area contributed by atoms with Crippen LogP contribution in [-0.2, 0) is 4.79 Å². The van der Waals surface area contributed by atoms with Crippen molar-refractivity contribution in [2.75, 3.05) is 4.90 Å². The topological polar surface area (TPSA) is 70.8 Å². The second kappa shape index (κ2) is 8.35. The third-order valence-electron chi connectivity index (χ3n) is 5.44. The number of anilines is 1. The molecule has 0 spiro atoms. The summed E-state index contributed by atoms with van der Waals surface area (Å²) in [4.78, 5) is 26.5. The molecule has 0 radical (unpaired) electrons. The number of amides is 1. The molecule has 4 aromatic rings. The summed E-state index contributed by atoms with van der Waals surface area (Å²) in [5.74, 6) is -0.0512. The van der Waals surface area contributed by atoms with Gasteiger partial charge in [0.15, 0.2) is 4.32 Å². The predicted octanol–water partition coefficient (Wildman–Crippen LogP) is 6.51. The van der Waals surface area contributed by atoms with Gasteiger partial charge in [-0.1, -0.05) is 66.4 Å². The average Bonchev–Trinajstić information content (AvgIpc) is 3.37. The van der Waals surface area contributed by atoms with E-state index in [1.807, 2.05) is 49.4 Å². The van der Waals surface area contributed by atoms with Gasteiger partial charge in [-0.15, -0.1) is 0 Å². The Morgan fingerprint density at radius 1 is 1.06 bits per heavy atom. The van der Waals surface area contributed by atoms with E-state index in [9.17, 15) is 9.59 Å². The van der Waals surface area contributed by atoms with Gasteiger partial charge in [-0.25, -0.2) is 4.79 Å². The Kier molecular flexibility index (Phi) is 5.36. The molecule has 0 aliphatic carbocycles. The minimum Gasteiger partial charge on any atom is -0.478 e. The predicted molar refractivity (Wildman–Crippen MR) is 135 cm³/mol. The van der Waals surface area contributed by atoms with Gasteiger partial charge in [-0.2, -0.15) is 0 Å². The molecule has 5 nitrogen and oxygen atoms in total. The van der Waals surface area contributed by atoms with Crippen LogP contribution >= 0.6 is 24.0 Å². The number of carbonyl (C=O) groups excluding carboxylic acids is 1. The van der Waals surface area contributed by atoms with E-state index in [-0.39, 0.29) is 11.5 Å². The van der Waals surface area contributed by atoms with Gasteiger partial charge < -0.3 is 9.52 Å². The number of furan rings is 1. The van der Waals surface area contributed by atoms with E-state index in [1.54, 1.807) is 41.3 Å². The number of rotatable bonds is 4. The minimum atomic E-state index is -0.974. The first-order valence-corrected chi connectivity index (χ1v) is 11.3. The summed E-state index contributed by atoms with van der Waals surface area (Å²) in [5, 5.41) is 11.2. The van der Waals surface area contributed by atoms with Crippen LogP contribution in [0.5, 0.6) is 0 Å². The fraction of sp³-hybridized carbons (Fsp3) is 0.0385. The maximum Gasteiger partial charge on any atom is 0.335 e. The fourth-order valence-electron chi connectivity index (χ4n) is 3.86. The number of fused-ring (bicyclic) bond motifs is 1. The lowest BCUT2D eigenvalue weighted by molar-refractivity contribution is -0.113. The molecule has 0 saturated carbocycles. The maximum atomic E-state index is 13.2. The summed E-state index contributed by atoms with van der Waals surface area (Å²) < 4.78 is 6.42. The number of hydrogen-bond acceptors (Lipinski definition) is 5. The second-order valence-corrected chi connectivity index (χ2v) is 9.23. The van der Waals surface area contributed by atoms with Crippen molar-refractivity contribution in [3.8, 4) is 11.3 Å².